The number of hydrogen-bond donors (Lipinski definition) is 0. The molecule has 0 N–H and O–H groups in total. The number of allylic oxidation sites excluding steroid dienone is 5. The summed E-state index contributed by atoms with van der Waals surface area (Å²) in [4.78, 5) is 0. The molecule has 2 heteroatoms. The van der Waals surface area contributed by atoms with Crippen LogP contribution in [0, 0.1) is 0 Å². The first-order valence-electron chi connectivity index (χ1n) is 7.54. The highest BCUT2D eigenvalue weighted by Gasteiger charge is 2.02. The van der Waals surface area contributed by atoms with Crippen LogP contribution >= 0.6 is 0 Å². The molecule has 19 heavy (non-hydrogen) atoms. The maximum atomic E-state index is 5.70. The SMILES string of the molecule is CCOCCCCC/C=C/COC1=CC=C(C)CC1. The van der Waals surface area contributed by atoms with E-state index in [9.17, 15) is 0 Å². The Kier molecular flexibility index (Phi) is 9.17. The first kappa shape index (κ1) is 16.0. The van der Waals surface area contributed by atoms with Crippen molar-refractivity contribution in [2.24, 2.45) is 0 Å². The molecule has 1 aliphatic carbocycles. The lowest BCUT2D eigenvalue weighted by molar-refractivity contribution is 0.143. The highest BCUT2D eigenvalue weighted by Crippen LogP contribution is 2.18. The van der Waals surface area contributed by atoms with Crippen LogP contribution in [0.3, 0.4) is 0 Å². The topological polar surface area (TPSA) is 18.5 Å². The Labute approximate surface area is 118 Å². The second kappa shape index (κ2) is 10.9. The summed E-state index contributed by atoms with van der Waals surface area (Å²) in [5.74, 6) is 1.12. The van der Waals surface area contributed by atoms with Gasteiger partial charge in [0.15, 0.2) is 0 Å². The van der Waals surface area contributed by atoms with Crippen LogP contribution in [0.2, 0.25) is 0 Å². The van der Waals surface area contributed by atoms with E-state index in [4.69, 9.17) is 9.47 Å². The van der Waals surface area contributed by atoms with E-state index in [2.05, 4.69) is 31.2 Å². The van der Waals surface area contributed by atoms with E-state index in [0.29, 0.717) is 6.61 Å². The molecule has 0 saturated heterocycles. The minimum absolute atomic E-state index is 0.706. The summed E-state index contributed by atoms with van der Waals surface area (Å²) in [6.45, 7) is 6.66. The summed E-state index contributed by atoms with van der Waals surface area (Å²) in [6, 6.07) is 0. The summed E-state index contributed by atoms with van der Waals surface area (Å²) < 4.78 is 11.0. The van der Waals surface area contributed by atoms with Crippen molar-refractivity contribution in [2.45, 2.75) is 52.4 Å². The van der Waals surface area contributed by atoms with Gasteiger partial charge in [-0.05, 0) is 45.6 Å². The summed E-state index contributed by atoms with van der Waals surface area (Å²) >= 11 is 0. The van der Waals surface area contributed by atoms with Crippen molar-refractivity contribution in [1.29, 1.82) is 0 Å². The Morgan fingerprint density at radius 2 is 2.00 bits per heavy atom. The molecule has 0 aromatic rings. The van der Waals surface area contributed by atoms with Crippen LogP contribution in [-0.4, -0.2) is 19.8 Å². The second-order valence-electron chi connectivity index (χ2n) is 4.97. The number of rotatable bonds is 10. The minimum Gasteiger partial charge on any atom is -0.494 e. The fourth-order valence-corrected chi connectivity index (χ4v) is 1.97. The van der Waals surface area contributed by atoms with Crippen molar-refractivity contribution in [3.05, 3.63) is 35.6 Å². The quantitative estimate of drug-likeness (QED) is 0.417. The van der Waals surface area contributed by atoms with Crippen molar-refractivity contribution in [2.75, 3.05) is 19.8 Å². The molecular weight excluding hydrogens is 236 g/mol. The van der Waals surface area contributed by atoms with Gasteiger partial charge < -0.3 is 9.47 Å². The third-order valence-electron chi connectivity index (χ3n) is 3.21. The molecule has 0 aliphatic heterocycles. The minimum atomic E-state index is 0.706. The van der Waals surface area contributed by atoms with E-state index >= 15 is 0 Å². The van der Waals surface area contributed by atoms with Crippen molar-refractivity contribution in [1.82, 2.24) is 0 Å². The summed E-state index contributed by atoms with van der Waals surface area (Å²) in [5.41, 5.74) is 1.44. The van der Waals surface area contributed by atoms with Gasteiger partial charge in [-0.25, -0.2) is 0 Å². The van der Waals surface area contributed by atoms with Crippen LogP contribution in [0.4, 0.5) is 0 Å². The van der Waals surface area contributed by atoms with Crippen LogP contribution in [0.25, 0.3) is 0 Å². The molecule has 0 saturated carbocycles. The molecule has 0 atom stereocenters. The number of ether oxygens (including phenoxy) is 2. The molecule has 1 rings (SSSR count). The zero-order valence-electron chi connectivity index (χ0n) is 12.5. The molecule has 0 radical (unpaired) electrons. The van der Waals surface area contributed by atoms with E-state index in [1.54, 1.807) is 0 Å². The van der Waals surface area contributed by atoms with Crippen molar-refractivity contribution in [3.63, 3.8) is 0 Å². The molecule has 0 aromatic heterocycles. The highest BCUT2D eigenvalue weighted by molar-refractivity contribution is 5.19. The largest absolute Gasteiger partial charge is 0.494 e. The Hall–Kier alpha value is -1.02. The standard InChI is InChI=1S/C17H28O2/c1-3-18-14-8-6-4-5-7-9-15-19-17-12-10-16(2)11-13-17/h7,9-10,12H,3-6,8,11,13-15H2,1-2H3/b9-7+. The van der Waals surface area contributed by atoms with Crippen molar-refractivity contribution in [3.8, 4) is 0 Å². The van der Waals surface area contributed by atoms with Crippen LogP contribution < -0.4 is 0 Å². The lowest BCUT2D eigenvalue weighted by Gasteiger charge is -2.12. The van der Waals surface area contributed by atoms with Crippen LogP contribution in [-0.2, 0) is 9.47 Å². The summed E-state index contributed by atoms with van der Waals surface area (Å²) in [7, 11) is 0. The lowest BCUT2D eigenvalue weighted by Crippen LogP contribution is -1.96. The molecular formula is C17H28O2. The zero-order valence-corrected chi connectivity index (χ0v) is 12.5. The van der Waals surface area contributed by atoms with Gasteiger partial charge in [-0.3, -0.25) is 0 Å². The normalized spacial score (nSPS) is 15.5. The highest BCUT2D eigenvalue weighted by atomic mass is 16.5. The smallest absolute Gasteiger partial charge is 0.106 e. The molecule has 0 fully saturated rings. The molecule has 0 spiro atoms. The van der Waals surface area contributed by atoms with Gasteiger partial charge >= 0.3 is 0 Å². The van der Waals surface area contributed by atoms with Crippen LogP contribution in [0.1, 0.15) is 52.4 Å². The molecule has 0 unspecified atom stereocenters. The van der Waals surface area contributed by atoms with Crippen molar-refractivity contribution < 1.29 is 9.47 Å². The van der Waals surface area contributed by atoms with Crippen LogP contribution in [0.5, 0.6) is 0 Å². The fraction of sp³-hybridized carbons (Fsp3) is 0.647. The van der Waals surface area contributed by atoms with Gasteiger partial charge in [0, 0.05) is 19.6 Å². The predicted octanol–water partition coefficient (Wildman–Crippen LogP) is 4.78. The maximum Gasteiger partial charge on any atom is 0.106 e. The average molecular weight is 264 g/mol. The molecule has 0 aromatic carbocycles. The third kappa shape index (κ3) is 8.66. The lowest BCUT2D eigenvalue weighted by atomic mass is 10.1. The van der Waals surface area contributed by atoms with E-state index in [1.165, 1.54) is 24.8 Å². The summed E-state index contributed by atoms with van der Waals surface area (Å²) in [5, 5.41) is 0. The molecule has 108 valence electrons. The average Bonchev–Trinajstić information content (AvgIpc) is 2.43. The first-order chi connectivity index (χ1) is 9.33. The molecule has 0 bridgehead atoms. The van der Waals surface area contributed by atoms with E-state index < -0.39 is 0 Å². The molecule has 1 aliphatic rings. The van der Waals surface area contributed by atoms with Gasteiger partial charge in [0.25, 0.3) is 0 Å². The van der Waals surface area contributed by atoms with E-state index in [1.807, 2.05) is 6.92 Å². The molecule has 0 heterocycles. The second-order valence-corrected chi connectivity index (χ2v) is 4.97. The maximum absolute atomic E-state index is 5.70. The third-order valence-corrected chi connectivity index (χ3v) is 3.21. The van der Waals surface area contributed by atoms with Gasteiger partial charge in [-0.15, -0.1) is 0 Å². The van der Waals surface area contributed by atoms with Gasteiger partial charge in [0.1, 0.15) is 6.61 Å². The Bertz CT molecular complexity index is 313. The van der Waals surface area contributed by atoms with Gasteiger partial charge in [0.05, 0.1) is 5.76 Å². The van der Waals surface area contributed by atoms with Gasteiger partial charge in [0.2, 0.25) is 0 Å². The monoisotopic (exact) mass is 264 g/mol. The first-order valence-corrected chi connectivity index (χ1v) is 7.54. The van der Waals surface area contributed by atoms with E-state index in [0.717, 1.165) is 38.2 Å². The van der Waals surface area contributed by atoms with Gasteiger partial charge in [-0.1, -0.05) is 30.2 Å². The number of unbranched alkanes of at least 4 members (excludes halogenated alkanes) is 3. The fourth-order valence-electron chi connectivity index (χ4n) is 1.97. The summed E-state index contributed by atoms with van der Waals surface area (Å²) in [6.07, 6.45) is 15.6. The Balaban J connectivity index is 1.93. The Morgan fingerprint density at radius 1 is 1.11 bits per heavy atom. The zero-order chi connectivity index (χ0) is 13.8. The molecule has 0 amide bonds. The van der Waals surface area contributed by atoms with Crippen LogP contribution in [0.15, 0.2) is 35.6 Å². The van der Waals surface area contributed by atoms with Crippen molar-refractivity contribution >= 4 is 0 Å². The molecule has 2 nitrogen and oxygen atoms in total. The number of hydrogen-bond acceptors (Lipinski definition) is 2. The van der Waals surface area contributed by atoms with Gasteiger partial charge in [-0.2, -0.15) is 0 Å². The predicted molar refractivity (Wildman–Crippen MR) is 81.1 cm³/mol. The Morgan fingerprint density at radius 3 is 2.74 bits per heavy atom. The van der Waals surface area contributed by atoms with E-state index in [-0.39, 0.29) is 0 Å².